The van der Waals surface area contributed by atoms with Gasteiger partial charge in [-0.25, -0.2) is 4.79 Å². The predicted molar refractivity (Wildman–Crippen MR) is 108 cm³/mol. The van der Waals surface area contributed by atoms with E-state index >= 15 is 0 Å². The summed E-state index contributed by atoms with van der Waals surface area (Å²) in [7, 11) is 1.78. The molecule has 1 aliphatic rings. The van der Waals surface area contributed by atoms with Gasteiger partial charge in [0.2, 0.25) is 0 Å². The SMILES string of the molecule is CCCC(CNC(=NC)NC1CCC(SC)C1)NC(=O)OC(C)(C)C. The molecular weight excluding hydrogens is 336 g/mol. The molecule has 1 aliphatic carbocycles. The summed E-state index contributed by atoms with van der Waals surface area (Å²) in [5, 5.41) is 10.5. The zero-order valence-corrected chi connectivity index (χ0v) is 17.5. The Bertz CT molecular complexity index is 437. The predicted octanol–water partition coefficient (Wildman–Crippen LogP) is 3.13. The molecule has 1 rings (SSSR count). The molecule has 1 amide bonds. The summed E-state index contributed by atoms with van der Waals surface area (Å²) in [6, 6.07) is 0.494. The average Bonchev–Trinajstić information content (AvgIpc) is 2.97. The number of carbonyl (C=O) groups is 1. The second-order valence-corrected chi connectivity index (χ2v) is 8.74. The summed E-state index contributed by atoms with van der Waals surface area (Å²) in [4.78, 5) is 16.3. The third-order valence-electron chi connectivity index (χ3n) is 4.16. The van der Waals surface area contributed by atoms with Crippen molar-refractivity contribution in [2.24, 2.45) is 4.99 Å². The van der Waals surface area contributed by atoms with Gasteiger partial charge in [-0.05, 0) is 52.7 Å². The maximum atomic E-state index is 12.0. The summed E-state index contributed by atoms with van der Waals surface area (Å²) in [6.07, 6.45) is 7.31. The van der Waals surface area contributed by atoms with Gasteiger partial charge in [0.05, 0.1) is 0 Å². The van der Waals surface area contributed by atoms with E-state index in [1.54, 1.807) is 7.05 Å². The highest BCUT2D eigenvalue weighted by atomic mass is 32.2. The highest BCUT2D eigenvalue weighted by molar-refractivity contribution is 7.99. The molecule has 3 unspecified atom stereocenters. The molecule has 6 nitrogen and oxygen atoms in total. The number of thioether (sulfide) groups is 1. The first kappa shape index (κ1) is 21.9. The van der Waals surface area contributed by atoms with Gasteiger partial charge in [-0.2, -0.15) is 11.8 Å². The first-order chi connectivity index (χ1) is 11.8. The van der Waals surface area contributed by atoms with Crippen molar-refractivity contribution >= 4 is 23.8 Å². The Morgan fingerprint density at radius 2 is 2.08 bits per heavy atom. The number of rotatable bonds is 7. The topological polar surface area (TPSA) is 74.8 Å². The number of nitrogens with zero attached hydrogens (tertiary/aromatic N) is 1. The molecule has 7 heteroatoms. The lowest BCUT2D eigenvalue weighted by Crippen LogP contribution is -2.49. The van der Waals surface area contributed by atoms with E-state index in [-0.39, 0.29) is 12.1 Å². The minimum Gasteiger partial charge on any atom is -0.444 e. The number of amides is 1. The molecule has 0 saturated heterocycles. The maximum absolute atomic E-state index is 12.0. The first-order valence-electron chi connectivity index (χ1n) is 9.26. The maximum Gasteiger partial charge on any atom is 0.407 e. The summed E-state index contributed by atoms with van der Waals surface area (Å²) < 4.78 is 5.35. The molecule has 0 heterocycles. The zero-order chi connectivity index (χ0) is 18.9. The fourth-order valence-electron chi connectivity index (χ4n) is 2.94. The van der Waals surface area contributed by atoms with E-state index in [1.165, 1.54) is 19.3 Å². The van der Waals surface area contributed by atoms with Crippen molar-refractivity contribution in [1.82, 2.24) is 16.0 Å². The largest absolute Gasteiger partial charge is 0.444 e. The van der Waals surface area contributed by atoms with E-state index in [0.29, 0.717) is 12.6 Å². The van der Waals surface area contributed by atoms with Crippen LogP contribution < -0.4 is 16.0 Å². The van der Waals surface area contributed by atoms with Crippen molar-refractivity contribution in [3.05, 3.63) is 0 Å². The van der Waals surface area contributed by atoms with Crippen LogP contribution in [0.15, 0.2) is 4.99 Å². The van der Waals surface area contributed by atoms with Crippen LogP contribution in [0.2, 0.25) is 0 Å². The Balaban J connectivity index is 2.44. The van der Waals surface area contributed by atoms with Crippen LogP contribution in [0.25, 0.3) is 0 Å². The molecule has 0 aromatic rings. The molecule has 0 aromatic heterocycles. The van der Waals surface area contributed by atoms with E-state index < -0.39 is 5.60 Å². The first-order valence-corrected chi connectivity index (χ1v) is 10.6. The number of ether oxygens (including phenoxy) is 1. The van der Waals surface area contributed by atoms with E-state index in [0.717, 1.165) is 24.1 Å². The Hall–Kier alpha value is -1.11. The summed E-state index contributed by atoms with van der Waals surface area (Å²) in [5.41, 5.74) is -0.484. The Morgan fingerprint density at radius 3 is 2.60 bits per heavy atom. The minimum atomic E-state index is -0.484. The molecule has 3 atom stereocenters. The fraction of sp³-hybridized carbons (Fsp3) is 0.889. The quantitative estimate of drug-likeness (QED) is 0.473. The van der Waals surface area contributed by atoms with Crippen molar-refractivity contribution in [2.45, 2.75) is 82.7 Å². The van der Waals surface area contributed by atoms with Gasteiger partial charge < -0.3 is 20.7 Å². The van der Waals surface area contributed by atoms with E-state index in [9.17, 15) is 4.79 Å². The summed E-state index contributed by atoms with van der Waals surface area (Å²) in [5.74, 6) is 0.804. The van der Waals surface area contributed by atoms with E-state index in [4.69, 9.17) is 4.74 Å². The van der Waals surface area contributed by atoms with E-state index in [2.05, 4.69) is 34.1 Å². The van der Waals surface area contributed by atoms with Gasteiger partial charge in [0.15, 0.2) is 5.96 Å². The Labute approximate surface area is 157 Å². The third-order valence-corrected chi connectivity index (χ3v) is 5.25. The number of hydrogen-bond donors (Lipinski definition) is 3. The molecule has 25 heavy (non-hydrogen) atoms. The molecule has 0 bridgehead atoms. The van der Waals surface area contributed by atoms with Gasteiger partial charge in [-0.3, -0.25) is 4.99 Å². The Morgan fingerprint density at radius 1 is 1.36 bits per heavy atom. The van der Waals surface area contributed by atoms with Crippen LogP contribution in [0.1, 0.15) is 59.8 Å². The lowest BCUT2D eigenvalue weighted by Gasteiger charge is -2.25. The highest BCUT2D eigenvalue weighted by Gasteiger charge is 2.25. The zero-order valence-electron chi connectivity index (χ0n) is 16.6. The fourth-order valence-corrected chi connectivity index (χ4v) is 3.74. The molecular formula is C18H36N4O2S. The lowest BCUT2D eigenvalue weighted by atomic mass is 10.1. The molecule has 1 fully saturated rings. The Kier molecular flexibility index (Phi) is 9.46. The summed E-state index contributed by atoms with van der Waals surface area (Å²) in [6.45, 7) is 8.35. The van der Waals surface area contributed by atoms with Gasteiger partial charge in [-0.1, -0.05) is 13.3 Å². The number of hydrogen-bond acceptors (Lipinski definition) is 4. The second-order valence-electron chi connectivity index (χ2n) is 7.60. The standard InChI is InChI=1S/C18H36N4O2S/c1-7-8-14(22-17(23)24-18(2,3)4)12-20-16(19-5)21-13-9-10-15(11-13)25-6/h13-15H,7-12H2,1-6H3,(H,22,23)(H2,19,20,21). The molecule has 0 radical (unpaired) electrons. The van der Waals surface area contributed by atoms with Gasteiger partial charge in [-0.15, -0.1) is 0 Å². The van der Waals surface area contributed by atoms with Crippen LogP contribution in [0.4, 0.5) is 4.79 Å². The van der Waals surface area contributed by atoms with Crippen LogP contribution in [0, 0.1) is 0 Å². The van der Waals surface area contributed by atoms with Crippen LogP contribution >= 0.6 is 11.8 Å². The molecule has 0 spiro atoms. The number of nitrogens with one attached hydrogen (secondary N) is 3. The van der Waals surface area contributed by atoms with Crippen LogP contribution in [0.3, 0.4) is 0 Å². The van der Waals surface area contributed by atoms with Crippen molar-refractivity contribution < 1.29 is 9.53 Å². The van der Waals surface area contributed by atoms with E-state index in [1.807, 2.05) is 32.5 Å². The van der Waals surface area contributed by atoms with Crippen molar-refractivity contribution in [3.8, 4) is 0 Å². The monoisotopic (exact) mass is 372 g/mol. The normalized spacial score (nSPS) is 22.4. The lowest BCUT2D eigenvalue weighted by molar-refractivity contribution is 0.0502. The molecule has 146 valence electrons. The van der Waals surface area contributed by atoms with Crippen LogP contribution in [0.5, 0.6) is 0 Å². The summed E-state index contributed by atoms with van der Waals surface area (Å²) >= 11 is 1.95. The van der Waals surface area contributed by atoms with Crippen LogP contribution in [-0.4, -0.2) is 54.8 Å². The molecule has 0 aliphatic heterocycles. The number of guanidine groups is 1. The van der Waals surface area contributed by atoms with Gasteiger partial charge >= 0.3 is 6.09 Å². The van der Waals surface area contributed by atoms with Crippen molar-refractivity contribution in [2.75, 3.05) is 19.8 Å². The second kappa shape index (κ2) is 10.8. The van der Waals surface area contributed by atoms with Gasteiger partial charge in [0, 0.05) is 30.9 Å². The van der Waals surface area contributed by atoms with Crippen molar-refractivity contribution in [1.29, 1.82) is 0 Å². The number of carbonyl (C=O) groups excluding carboxylic acids is 1. The number of aliphatic imine (C=N–C) groups is 1. The highest BCUT2D eigenvalue weighted by Crippen LogP contribution is 2.27. The number of alkyl carbamates (subject to hydrolysis) is 1. The van der Waals surface area contributed by atoms with Crippen molar-refractivity contribution in [3.63, 3.8) is 0 Å². The molecule has 3 N–H and O–H groups in total. The van der Waals surface area contributed by atoms with Gasteiger partial charge in [0.1, 0.15) is 5.60 Å². The third kappa shape index (κ3) is 9.23. The molecule has 1 saturated carbocycles. The average molecular weight is 373 g/mol. The molecule has 0 aromatic carbocycles. The smallest absolute Gasteiger partial charge is 0.407 e. The van der Waals surface area contributed by atoms with Crippen LogP contribution in [-0.2, 0) is 4.74 Å². The minimum absolute atomic E-state index is 0.0147. The van der Waals surface area contributed by atoms with Gasteiger partial charge in [0.25, 0.3) is 0 Å².